The van der Waals surface area contributed by atoms with E-state index in [4.69, 9.17) is 4.74 Å². The lowest BCUT2D eigenvalue weighted by atomic mass is 10.1. The number of benzene rings is 2. The Morgan fingerprint density at radius 1 is 0.970 bits per heavy atom. The number of ether oxygens (including phenoxy) is 1. The van der Waals surface area contributed by atoms with Gasteiger partial charge < -0.3 is 4.74 Å². The SMILES string of the molecule is Cc1cc(N2CC3(CC3)OC2=O)ccc1-n1ccc(=O)c(-c2ccnn2-c2ccccc2)n1. The molecule has 0 radical (unpaired) electrons. The second kappa shape index (κ2) is 7.16. The van der Waals surface area contributed by atoms with Gasteiger partial charge in [-0.25, -0.2) is 14.2 Å². The number of hydrogen-bond donors (Lipinski definition) is 0. The maximum absolute atomic E-state index is 12.7. The molecule has 2 aromatic heterocycles. The van der Waals surface area contributed by atoms with Crippen LogP contribution in [-0.4, -0.2) is 37.8 Å². The number of carbonyl (C=O) groups is 1. The Bertz CT molecular complexity index is 1440. The Hall–Kier alpha value is -4.20. The summed E-state index contributed by atoms with van der Waals surface area (Å²) in [5.41, 5.74) is 3.85. The molecule has 6 rings (SSSR count). The molecule has 1 saturated carbocycles. The Labute approximate surface area is 189 Å². The van der Waals surface area contributed by atoms with Gasteiger partial charge in [-0.3, -0.25) is 9.69 Å². The Morgan fingerprint density at radius 2 is 1.79 bits per heavy atom. The van der Waals surface area contributed by atoms with E-state index in [1.165, 1.54) is 6.07 Å². The minimum Gasteiger partial charge on any atom is -0.441 e. The van der Waals surface area contributed by atoms with Gasteiger partial charge in [0.1, 0.15) is 5.60 Å². The fourth-order valence-electron chi connectivity index (χ4n) is 4.26. The number of anilines is 1. The van der Waals surface area contributed by atoms with Gasteiger partial charge in [0, 0.05) is 18.0 Å². The summed E-state index contributed by atoms with van der Waals surface area (Å²) in [6.45, 7) is 2.55. The fraction of sp³-hybridized carbons (Fsp3) is 0.200. The first-order chi connectivity index (χ1) is 16.0. The maximum atomic E-state index is 12.7. The summed E-state index contributed by atoms with van der Waals surface area (Å²) in [5, 5.41) is 9.03. The lowest BCUT2D eigenvalue weighted by molar-refractivity contribution is 0.129. The summed E-state index contributed by atoms with van der Waals surface area (Å²) in [4.78, 5) is 26.7. The van der Waals surface area contributed by atoms with E-state index in [9.17, 15) is 9.59 Å². The number of amides is 1. The number of nitrogens with zero attached hydrogens (tertiary/aromatic N) is 5. The van der Waals surface area contributed by atoms with Crippen molar-refractivity contribution in [1.29, 1.82) is 0 Å². The molecule has 1 amide bonds. The van der Waals surface area contributed by atoms with Crippen molar-refractivity contribution in [3.63, 3.8) is 0 Å². The van der Waals surface area contributed by atoms with E-state index in [0.717, 1.165) is 35.5 Å². The largest absolute Gasteiger partial charge is 0.441 e. The average molecular weight is 439 g/mol. The first-order valence-corrected chi connectivity index (χ1v) is 10.8. The van der Waals surface area contributed by atoms with Crippen LogP contribution in [0.2, 0.25) is 0 Å². The zero-order valence-electron chi connectivity index (χ0n) is 18.0. The summed E-state index contributed by atoms with van der Waals surface area (Å²) < 4.78 is 8.91. The summed E-state index contributed by atoms with van der Waals surface area (Å²) in [7, 11) is 0. The maximum Gasteiger partial charge on any atom is 0.415 e. The van der Waals surface area contributed by atoms with Gasteiger partial charge in [0.05, 0.1) is 29.8 Å². The molecule has 0 unspecified atom stereocenters. The van der Waals surface area contributed by atoms with Gasteiger partial charge in [-0.05, 0) is 61.7 Å². The van der Waals surface area contributed by atoms with Crippen molar-refractivity contribution in [2.45, 2.75) is 25.4 Å². The van der Waals surface area contributed by atoms with E-state index in [-0.39, 0.29) is 17.1 Å². The third-order valence-electron chi connectivity index (χ3n) is 6.21. The van der Waals surface area contributed by atoms with E-state index in [1.54, 1.807) is 32.7 Å². The van der Waals surface area contributed by atoms with Crippen molar-refractivity contribution >= 4 is 11.8 Å². The zero-order chi connectivity index (χ0) is 22.6. The van der Waals surface area contributed by atoms with Gasteiger partial charge in [0.2, 0.25) is 5.43 Å². The minimum absolute atomic E-state index is 0.187. The van der Waals surface area contributed by atoms with E-state index in [0.29, 0.717) is 17.9 Å². The highest BCUT2D eigenvalue weighted by Gasteiger charge is 2.54. The normalized spacial score (nSPS) is 16.3. The molecule has 2 aliphatic rings. The fourth-order valence-corrected chi connectivity index (χ4v) is 4.26. The van der Waals surface area contributed by atoms with Crippen LogP contribution in [0.15, 0.2) is 77.9 Å². The summed E-state index contributed by atoms with van der Waals surface area (Å²) in [5.74, 6) is 0. The van der Waals surface area contributed by atoms with Crippen molar-refractivity contribution in [2.24, 2.45) is 0 Å². The summed E-state index contributed by atoms with van der Waals surface area (Å²) >= 11 is 0. The third kappa shape index (κ3) is 3.31. The molecule has 0 bridgehead atoms. The molecule has 4 aromatic rings. The molecule has 3 heterocycles. The molecule has 1 aliphatic carbocycles. The van der Waals surface area contributed by atoms with Crippen molar-refractivity contribution in [3.05, 3.63) is 88.8 Å². The van der Waals surface area contributed by atoms with Crippen molar-refractivity contribution in [1.82, 2.24) is 19.6 Å². The predicted molar refractivity (Wildman–Crippen MR) is 123 cm³/mol. The molecular weight excluding hydrogens is 418 g/mol. The molecular formula is C25H21N5O3. The van der Waals surface area contributed by atoms with Crippen LogP contribution < -0.4 is 10.3 Å². The second-order valence-corrected chi connectivity index (χ2v) is 8.54. The van der Waals surface area contributed by atoms with Crippen molar-refractivity contribution < 1.29 is 9.53 Å². The topological polar surface area (TPSA) is 82.3 Å². The molecule has 8 nitrogen and oxygen atoms in total. The van der Waals surface area contributed by atoms with Gasteiger partial charge in [-0.15, -0.1) is 0 Å². The van der Waals surface area contributed by atoms with Gasteiger partial charge in [-0.1, -0.05) is 18.2 Å². The van der Waals surface area contributed by atoms with E-state index in [1.807, 2.05) is 55.5 Å². The van der Waals surface area contributed by atoms with Crippen molar-refractivity contribution in [3.8, 4) is 22.8 Å². The number of hydrogen-bond acceptors (Lipinski definition) is 5. The van der Waals surface area contributed by atoms with Gasteiger partial charge in [-0.2, -0.15) is 10.2 Å². The first-order valence-electron chi connectivity index (χ1n) is 10.8. The number of para-hydroxylation sites is 1. The smallest absolute Gasteiger partial charge is 0.415 e. The lowest BCUT2D eigenvalue weighted by Crippen LogP contribution is -2.25. The van der Waals surface area contributed by atoms with E-state index in [2.05, 4.69) is 10.2 Å². The number of rotatable bonds is 4. The van der Waals surface area contributed by atoms with Crippen molar-refractivity contribution in [2.75, 3.05) is 11.4 Å². The van der Waals surface area contributed by atoms with E-state index < -0.39 is 0 Å². The molecule has 164 valence electrons. The zero-order valence-corrected chi connectivity index (χ0v) is 18.0. The van der Waals surface area contributed by atoms with Crippen LogP contribution in [0.25, 0.3) is 22.8 Å². The molecule has 2 aromatic carbocycles. The Morgan fingerprint density at radius 3 is 2.52 bits per heavy atom. The molecule has 2 fully saturated rings. The lowest BCUT2D eigenvalue weighted by Gasteiger charge is -2.16. The Balaban J connectivity index is 1.37. The van der Waals surface area contributed by atoms with Crippen LogP contribution in [0.3, 0.4) is 0 Å². The molecule has 1 spiro atoms. The van der Waals surface area contributed by atoms with Crippen LogP contribution >= 0.6 is 0 Å². The standard InChI is InChI=1S/C25H21N5O3/c1-17-15-19(28-16-25(11-12-25)33-24(28)32)7-8-20(17)29-14-10-22(31)23(27-29)21-9-13-26-30(21)18-5-3-2-4-6-18/h2-10,13-15H,11-12,16H2,1H3. The van der Waals surface area contributed by atoms with Gasteiger partial charge in [0.25, 0.3) is 0 Å². The number of aryl methyl sites for hydroxylation is 1. The van der Waals surface area contributed by atoms with Crippen LogP contribution in [-0.2, 0) is 4.74 Å². The number of carbonyl (C=O) groups excluding carboxylic acids is 1. The Kier molecular flexibility index (Phi) is 4.23. The first kappa shape index (κ1) is 19.5. The molecule has 1 saturated heterocycles. The van der Waals surface area contributed by atoms with Crippen LogP contribution in [0.1, 0.15) is 18.4 Å². The summed E-state index contributed by atoms with van der Waals surface area (Å²) in [6, 6.07) is 18.7. The quantitative estimate of drug-likeness (QED) is 0.482. The monoisotopic (exact) mass is 439 g/mol. The van der Waals surface area contributed by atoms with Crippen LogP contribution in [0.4, 0.5) is 10.5 Å². The highest BCUT2D eigenvalue weighted by Crippen LogP contribution is 2.45. The molecule has 8 heteroatoms. The van der Waals surface area contributed by atoms with Gasteiger partial charge in [0.15, 0.2) is 5.69 Å². The third-order valence-corrected chi connectivity index (χ3v) is 6.21. The highest BCUT2D eigenvalue weighted by atomic mass is 16.6. The molecule has 0 N–H and O–H groups in total. The second-order valence-electron chi connectivity index (χ2n) is 8.54. The highest BCUT2D eigenvalue weighted by molar-refractivity contribution is 5.91. The van der Waals surface area contributed by atoms with Gasteiger partial charge >= 0.3 is 6.09 Å². The average Bonchev–Trinajstić information content (AvgIpc) is 3.25. The molecule has 1 aliphatic heterocycles. The van der Waals surface area contributed by atoms with Crippen LogP contribution in [0, 0.1) is 6.92 Å². The summed E-state index contributed by atoms with van der Waals surface area (Å²) in [6.07, 6.45) is 4.87. The predicted octanol–water partition coefficient (Wildman–Crippen LogP) is 3.88. The number of aromatic nitrogens is 4. The van der Waals surface area contributed by atoms with E-state index >= 15 is 0 Å². The molecule has 33 heavy (non-hydrogen) atoms. The minimum atomic E-state index is -0.294. The van der Waals surface area contributed by atoms with Crippen LogP contribution in [0.5, 0.6) is 0 Å². The molecule has 0 atom stereocenters.